The second-order valence-corrected chi connectivity index (χ2v) is 11.0. The summed E-state index contributed by atoms with van der Waals surface area (Å²) in [6, 6.07) is 13.7. The summed E-state index contributed by atoms with van der Waals surface area (Å²) in [5.74, 6) is 1.55. The molecule has 2 aromatic heterocycles. The fraction of sp³-hybridized carbons (Fsp3) is 0.409. The predicted octanol–water partition coefficient (Wildman–Crippen LogP) is 3.57. The van der Waals surface area contributed by atoms with Gasteiger partial charge in [0, 0.05) is 36.2 Å². The summed E-state index contributed by atoms with van der Waals surface area (Å²) >= 11 is 5.84. The summed E-state index contributed by atoms with van der Waals surface area (Å²) in [7, 11) is -2.98. The van der Waals surface area contributed by atoms with E-state index in [1.807, 2.05) is 47.0 Å². The quantitative estimate of drug-likeness (QED) is 0.505. The van der Waals surface area contributed by atoms with Crippen molar-refractivity contribution in [1.82, 2.24) is 24.2 Å². The van der Waals surface area contributed by atoms with Crippen LogP contribution in [0.1, 0.15) is 20.3 Å². The zero-order valence-electron chi connectivity index (χ0n) is 17.8. The van der Waals surface area contributed by atoms with E-state index < -0.39 is 9.84 Å². The number of pyridine rings is 1. The minimum absolute atomic E-state index is 0.0157. The molecule has 1 aliphatic rings. The molecule has 9 heteroatoms. The third kappa shape index (κ3) is 4.94. The molecule has 3 heterocycles. The molecule has 4 rings (SSSR count). The molecule has 0 N–H and O–H groups in total. The highest BCUT2D eigenvalue weighted by Gasteiger charge is 2.33. The lowest BCUT2D eigenvalue weighted by Gasteiger charge is -2.29. The number of hydrogen-bond donors (Lipinski definition) is 0. The van der Waals surface area contributed by atoms with E-state index in [2.05, 4.69) is 23.7 Å². The van der Waals surface area contributed by atoms with Crippen LogP contribution in [0.4, 0.5) is 0 Å². The van der Waals surface area contributed by atoms with E-state index in [4.69, 9.17) is 17.3 Å². The van der Waals surface area contributed by atoms with Crippen LogP contribution in [0.5, 0.6) is 0 Å². The van der Waals surface area contributed by atoms with Crippen molar-refractivity contribution >= 4 is 22.1 Å². The Hall–Kier alpha value is -2.36. The average molecular weight is 458 g/mol. The smallest absolute Gasteiger partial charge is 0.204 e. The zero-order chi connectivity index (χ0) is 22.0. The van der Waals surface area contributed by atoms with Gasteiger partial charge >= 0.3 is 0 Å². The number of benzene rings is 1. The Morgan fingerprint density at radius 3 is 2.58 bits per heavy atom. The lowest BCUT2D eigenvalue weighted by Crippen LogP contribution is -2.40. The lowest BCUT2D eigenvalue weighted by atomic mass is 10.1. The van der Waals surface area contributed by atoms with Gasteiger partial charge in [0.1, 0.15) is 0 Å². The summed E-state index contributed by atoms with van der Waals surface area (Å²) in [5.41, 5.74) is 1.80. The number of rotatable bonds is 7. The van der Waals surface area contributed by atoms with Gasteiger partial charge in [-0.25, -0.2) is 13.1 Å². The molecule has 31 heavy (non-hydrogen) atoms. The van der Waals surface area contributed by atoms with E-state index in [1.165, 1.54) is 0 Å². The van der Waals surface area contributed by atoms with Crippen molar-refractivity contribution in [3.05, 3.63) is 59.6 Å². The summed E-state index contributed by atoms with van der Waals surface area (Å²) in [4.78, 5) is 6.45. The van der Waals surface area contributed by atoms with Crippen molar-refractivity contribution in [2.75, 3.05) is 18.1 Å². The van der Waals surface area contributed by atoms with Gasteiger partial charge < -0.3 is 0 Å². The Morgan fingerprint density at radius 1 is 1.19 bits per heavy atom. The van der Waals surface area contributed by atoms with Gasteiger partial charge in [-0.2, -0.15) is 0 Å². The van der Waals surface area contributed by atoms with E-state index in [-0.39, 0.29) is 17.5 Å². The van der Waals surface area contributed by atoms with E-state index >= 15 is 0 Å². The van der Waals surface area contributed by atoms with E-state index in [0.717, 1.165) is 17.8 Å². The summed E-state index contributed by atoms with van der Waals surface area (Å²) in [6.45, 7) is 5.51. The van der Waals surface area contributed by atoms with Gasteiger partial charge in [-0.15, -0.1) is 5.10 Å². The molecule has 1 aromatic carbocycles. The minimum Gasteiger partial charge on any atom is -0.280 e. The highest BCUT2D eigenvalue weighted by molar-refractivity contribution is 7.91. The number of hydrogen-bond acceptors (Lipinski definition) is 6. The Labute approximate surface area is 188 Å². The Balaban J connectivity index is 1.76. The van der Waals surface area contributed by atoms with Crippen molar-refractivity contribution in [3.8, 4) is 17.1 Å². The fourth-order valence-corrected chi connectivity index (χ4v) is 6.07. The molecule has 7 nitrogen and oxygen atoms in total. The third-order valence-corrected chi connectivity index (χ3v) is 7.56. The molecule has 1 fully saturated rings. The maximum atomic E-state index is 12.1. The topological polar surface area (TPSA) is 73.0 Å². The van der Waals surface area contributed by atoms with E-state index in [0.29, 0.717) is 29.6 Å². The standard InChI is InChI=1S/C22H27N5O2S2/c1-17(2)14-25(20-10-12-31(28,29)15-20)16-26-22(30)27(19-8-4-3-5-9-19)21(24-26)18-7-6-11-23-13-18/h3-9,11,13,17,20H,10,12,14-16H2,1-2H3. The molecule has 1 aliphatic heterocycles. The van der Waals surface area contributed by atoms with Crippen LogP contribution in [0.2, 0.25) is 0 Å². The van der Waals surface area contributed by atoms with Crippen LogP contribution in [0.3, 0.4) is 0 Å². The van der Waals surface area contributed by atoms with Crippen molar-refractivity contribution in [3.63, 3.8) is 0 Å². The molecule has 1 atom stereocenters. The molecular formula is C22H27N5O2S2. The SMILES string of the molecule is CC(C)CN(Cn1nc(-c2cccnc2)n(-c2ccccc2)c1=S)C1CCS(=O)(=O)C1. The van der Waals surface area contributed by atoms with Gasteiger partial charge in [0.15, 0.2) is 15.7 Å². The molecular weight excluding hydrogens is 430 g/mol. The van der Waals surface area contributed by atoms with Crippen LogP contribution in [0.15, 0.2) is 54.9 Å². The maximum absolute atomic E-state index is 12.1. The molecule has 1 unspecified atom stereocenters. The van der Waals surface area contributed by atoms with E-state index in [9.17, 15) is 8.42 Å². The number of nitrogens with zero attached hydrogens (tertiary/aromatic N) is 5. The Morgan fingerprint density at radius 2 is 1.97 bits per heavy atom. The molecule has 0 saturated carbocycles. The summed E-state index contributed by atoms with van der Waals surface area (Å²) < 4.78 is 28.5. The molecule has 0 amide bonds. The molecule has 0 aliphatic carbocycles. The van der Waals surface area contributed by atoms with Crippen LogP contribution in [0.25, 0.3) is 17.1 Å². The maximum Gasteiger partial charge on any atom is 0.204 e. The molecule has 0 radical (unpaired) electrons. The summed E-state index contributed by atoms with van der Waals surface area (Å²) in [6.07, 6.45) is 4.15. The normalized spacial score (nSPS) is 18.1. The third-order valence-electron chi connectivity index (χ3n) is 5.41. The van der Waals surface area contributed by atoms with Gasteiger partial charge in [0.25, 0.3) is 0 Å². The summed E-state index contributed by atoms with van der Waals surface area (Å²) in [5, 5.41) is 4.86. The molecule has 1 saturated heterocycles. The van der Waals surface area contributed by atoms with Crippen LogP contribution >= 0.6 is 12.2 Å². The van der Waals surface area contributed by atoms with Crippen molar-refractivity contribution in [2.24, 2.45) is 5.92 Å². The number of para-hydroxylation sites is 1. The Kier molecular flexibility index (Phi) is 6.36. The molecule has 0 bridgehead atoms. The zero-order valence-corrected chi connectivity index (χ0v) is 19.4. The van der Waals surface area contributed by atoms with Gasteiger partial charge in [-0.3, -0.25) is 14.5 Å². The monoisotopic (exact) mass is 457 g/mol. The number of aromatic nitrogens is 4. The van der Waals surface area contributed by atoms with Crippen LogP contribution < -0.4 is 0 Å². The number of sulfone groups is 1. The van der Waals surface area contributed by atoms with Gasteiger partial charge in [-0.1, -0.05) is 32.0 Å². The van der Waals surface area contributed by atoms with Crippen molar-refractivity contribution in [1.29, 1.82) is 0 Å². The predicted molar refractivity (Wildman–Crippen MR) is 124 cm³/mol. The lowest BCUT2D eigenvalue weighted by molar-refractivity contribution is 0.137. The van der Waals surface area contributed by atoms with E-state index in [1.54, 1.807) is 17.1 Å². The first-order valence-corrected chi connectivity index (χ1v) is 12.7. The van der Waals surface area contributed by atoms with Gasteiger partial charge in [-0.05, 0) is 48.8 Å². The second kappa shape index (κ2) is 9.02. The first kappa shape index (κ1) is 21.9. The van der Waals surface area contributed by atoms with Gasteiger partial charge in [0.05, 0.1) is 18.2 Å². The van der Waals surface area contributed by atoms with Crippen molar-refractivity contribution < 1.29 is 8.42 Å². The second-order valence-electron chi connectivity index (χ2n) is 8.38. The average Bonchev–Trinajstić information content (AvgIpc) is 3.28. The minimum atomic E-state index is -2.98. The molecule has 0 spiro atoms. The first-order valence-electron chi connectivity index (χ1n) is 10.4. The first-order chi connectivity index (χ1) is 14.8. The molecule has 3 aromatic rings. The van der Waals surface area contributed by atoms with Gasteiger partial charge in [0.2, 0.25) is 4.77 Å². The van der Waals surface area contributed by atoms with Crippen LogP contribution in [-0.4, -0.2) is 56.7 Å². The Bertz CT molecular complexity index is 1190. The highest BCUT2D eigenvalue weighted by atomic mass is 32.2. The fourth-order valence-electron chi connectivity index (χ4n) is 4.02. The molecule has 164 valence electrons. The van der Waals surface area contributed by atoms with Crippen LogP contribution in [-0.2, 0) is 16.5 Å². The van der Waals surface area contributed by atoms with Crippen molar-refractivity contribution in [2.45, 2.75) is 33.0 Å². The highest BCUT2D eigenvalue weighted by Crippen LogP contribution is 2.24. The largest absolute Gasteiger partial charge is 0.280 e. The van der Waals surface area contributed by atoms with Crippen LogP contribution in [0, 0.1) is 10.7 Å².